The average Bonchev–Trinajstić information content (AvgIpc) is 3.81. The van der Waals surface area contributed by atoms with Gasteiger partial charge in [-0.1, -0.05) is 152 Å². The molecule has 3 aromatic heterocycles. The maximum Gasteiger partial charge on any atom is 0.164 e. The average molecular weight is 707 g/mol. The van der Waals surface area contributed by atoms with E-state index in [2.05, 4.69) is 126 Å². The van der Waals surface area contributed by atoms with Crippen molar-refractivity contribution < 1.29 is 0 Å². The number of benzene rings is 8. The molecule has 0 amide bonds. The van der Waals surface area contributed by atoms with Crippen molar-refractivity contribution in [2.75, 3.05) is 0 Å². The summed E-state index contributed by atoms with van der Waals surface area (Å²) in [6.07, 6.45) is 0. The van der Waals surface area contributed by atoms with E-state index in [1.54, 1.807) is 0 Å². The third-order valence-electron chi connectivity index (χ3n) is 10.4. The number of para-hydroxylation sites is 1. The van der Waals surface area contributed by atoms with Crippen LogP contribution in [-0.4, -0.2) is 19.5 Å². The van der Waals surface area contributed by atoms with Crippen LogP contribution in [0.2, 0.25) is 0 Å². The standard InChI is InChI=1S/C49H30N4S/c1-4-14-32(15-5-1)47-50-48(33-16-6-2-7-17-33)52-49(51-47)34-26-24-31(25-27-34)35-28-29-41-40(30-35)43-37-20-10-11-21-38(37)46-44(39-22-12-13-23-42(39)54-46)45(43)53(41)36-18-8-3-9-19-36/h1-30H. The molecule has 11 rings (SSSR count). The zero-order valence-corrected chi connectivity index (χ0v) is 29.8. The van der Waals surface area contributed by atoms with Crippen LogP contribution in [0.5, 0.6) is 0 Å². The molecule has 0 saturated carbocycles. The number of rotatable bonds is 5. The second-order valence-corrected chi connectivity index (χ2v) is 14.6. The van der Waals surface area contributed by atoms with Gasteiger partial charge in [0.25, 0.3) is 0 Å². The van der Waals surface area contributed by atoms with Crippen molar-refractivity contribution in [1.29, 1.82) is 0 Å². The van der Waals surface area contributed by atoms with Crippen molar-refractivity contribution in [3.05, 3.63) is 182 Å². The first-order valence-corrected chi connectivity index (χ1v) is 18.9. The summed E-state index contributed by atoms with van der Waals surface area (Å²) < 4.78 is 5.11. The van der Waals surface area contributed by atoms with Gasteiger partial charge in [0.05, 0.1) is 11.0 Å². The van der Waals surface area contributed by atoms with Gasteiger partial charge >= 0.3 is 0 Å². The minimum absolute atomic E-state index is 0.647. The zero-order valence-electron chi connectivity index (χ0n) is 29.0. The van der Waals surface area contributed by atoms with Gasteiger partial charge < -0.3 is 4.57 Å². The van der Waals surface area contributed by atoms with Gasteiger partial charge in [0.15, 0.2) is 17.5 Å². The Kier molecular flexibility index (Phi) is 7.00. The van der Waals surface area contributed by atoms with Crippen molar-refractivity contribution in [2.24, 2.45) is 0 Å². The van der Waals surface area contributed by atoms with Crippen LogP contribution < -0.4 is 0 Å². The number of nitrogens with zero attached hydrogens (tertiary/aromatic N) is 4. The summed E-state index contributed by atoms with van der Waals surface area (Å²) >= 11 is 1.89. The van der Waals surface area contributed by atoms with Crippen molar-refractivity contribution in [2.45, 2.75) is 0 Å². The number of hydrogen-bond donors (Lipinski definition) is 0. The molecule has 0 aliphatic rings. The highest BCUT2D eigenvalue weighted by Gasteiger charge is 2.22. The van der Waals surface area contributed by atoms with Crippen LogP contribution in [0, 0.1) is 0 Å². The van der Waals surface area contributed by atoms with Crippen molar-refractivity contribution >= 4 is 64.1 Å². The lowest BCUT2D eigenvalue weighted by atomic mass is 9.97. The summed E-state index contributed by atoms with van der Waals surface area (Å²) in [7, 11) is 0. The molecule has 5 heteroatoms. The highest BCUT2D eigenvalue weighted by Crippen LogP contribution is 2.48. The predicted molar refractivity (Wildman–Crippen MR) is 226 cm³/mol. The predicted octanol–water partition coefficient (Wildman–Crippen LogP) is 13.2. The van der Waals surface area contributed by atoms with Crippen LogP contribution in [-0.2, 0) is 0 Å². The second kappa shape index (κ2) is 12.3. The van der Waals surface area contributed by atoms with E-state index < -0.39 is 0 Å². The fraction of sp³-hybridized carbons (Fsp3) is 0. The van der Waals surface area contributed by atoms with Gasteiger partial charge in [-0.25, -0.2) is 15.0 Å². The SMILES string of the molecule is c1ccc(-c2nc(-c3ccccc3)nc(-c3ccc(-c4ccc5c(c4)c4c6ccccc6c6sc7ccccc7c6c4n5-c4ccccc4)cc3)n2)cc1. The Morgan fingerprint density at radius 1 is 0.370 bits per heavy atom. The molecule has 0 saturated heterocycles. The highest BCUT2D eigenvalue weighted by molar-refractivity contribution is 7.27. The third-order valence-corrected chi connectivity index (χ3v) is 11.6. The first-order chi connectivity index (χ1) is 26.8. The van der Waals surface area contributed by atoms with Gasteiger partial charge in [-0.15, -0.1) is 11.3 Å². The van der Waals surface area contributed by atoms with Crippen molar-refractivity contribution in [3.8, 4) is 51.0 Å². The van der Waals surface area contributed by atoms with Crippen LogP contribution in [0.4, 0.5) is 0 Å². The largest absolute Gasteiger partial charge is 0.309 e. The molecule has 8 aromatic carbocycles. The minimum Gasteiger partial charge on any atom is -0.309 e. The van der Waals surface area contributed by atoms with E-state index >= 15 is 0 Å². The third kappa shape index (κ3) is 4.86. The first kappa shape index (κ1) is 30.7. The molecule has 0 bridgehead atoms. The molecule has 0 aliphatic carbocycles. The second-order valence-electron chi connectivity index (χ2n) is 13.6. The maximum absolute atomic E-state index is 4.96. The number of hydrogen-bond acceptors (Lipinski definition) is 4. The Bertz CT molecular complexity index is 3130. The van der Waals surface area contributed by atoms with Crippen molar-refractivity contribution in [3.63, 3.8) is 0 Å². The molecular formula is C49H30N4S. The summed E-state index contributed by atoms with van der Waals surface area (Å²) in [5, 5.41) is 7.71. The highest BCUT2D eigenvalue weighted by atomic mass is 32.1. The molecule has 0 fully saturated rings. The van der Waals surface area contributed by atoms with E-state index in [0.29, 0.717) is 17.5 Å². The Labute approximate surface area is 315 Å². The summed E-state index contributed by atoms with van der Waals surface area (Å²) in [6, 6.07) is 64.3. The lowest BCUT2D eigenvalue weighted by Gasteiger charge is -2.10. The molecule has 3 heterocycles. The van der Waals surface area contributed by atoms with E-state index in [-0.39, 0.29) is 0 Å². The molecule has 0 unspecified atom stereocenters. The summed E-state index contributed by atoms with van der Waals surface area (Å²) in [5.74, 6) is 1.96. The van der Waals surface area contributed by atoms with Gasteiger partial charge in [-0.3, -0.25) is 0 Å². The molecule has 0 radical (unpaired) electrons. The summed E-state index contributed by atoms with van der Waals surface area (Å²) in [5.41, 5.74) is 8.75. The lowest BCUT2D eigenvalue weighted by molar-refractivity contribution is 1.07. The van der Waals surface area contributed by atoms with E-state index in [1.807, 2.05) is 72.0 Å². The Morgan fingerprint density at radius 2 is 0.870 bits per heavy atom. The van der Waals surface area contributed by atoms with E-state index in [9.17, 15) is 0 Å². The molecule has 0 spiro atoms. The van der Waals surface area contributed by atoms with Crippen LogP contribution in [0.25, 0.3) is 104 Å². The molecule has 4 nitrogen and oxygen atoms in total. The van der Waals surface area contributed by atoms with E-state index in [1.165, 1.54) is 52.8 Å². The quantitative estimate of drug-likeness (QED) is 0.179. The van der Waals surface area contributed by atoms with E-state index in [0.717, 1.165) is 33.5 Å². The number of fused-ring (bicyclic) bond motifs is 10. The van der Waals surface area contributed by atoms with E-state index in [4.69, 9.17) is 15.0 Å². The van der Waals surface area contributed by atoms with Crippen molar-refractivity contribution in [1.82, 2.24) is 19.5 Å². The maximum atomic E-state index is 4.96. The molecule has 54 heavy (non-hydrogen) atoms. The molecule has 0 N–H and O–H groups in total. The van der Waals surface area contributed by atoms with Gasteiger partial charge in [-0.2, -0.15) is 0 Å². The molecular weight excluding hydrogens is 677 g/mol. The molecule has 0 atom stereocenters. The first-order valence-electron chi connectivity index (χ1n) is 18.1. The molecule has 252 valence electrons. The van der Waals surface area contributed by atoms with Gasteiger partial charge in [-0.05, 0) is 46.8 Å². The monoisotopic (exact) mass is 706 g/mol. The fourth-order valence-corrected chi connectivity index (χ4v) is 9.19. The number of aromatic nitrogens is 4. The fourth-order valence-electron chi connectivity index (χ4n) is 7.94. The smallest absolute Gasteiger partial charge is 0.164 e. The van der Waals surface area contributed by atoms with Crippen LogP contribution in [0.3, 0.4) is 0 Å². The minimum atomic E-state index is 0.647. The Balaban J connectivity index is 1.11. The van der Waals surface area contributed by atoms with Gasteiger partial charge in [0, 0.05) is 58.7 Å². The normalized spacial score (nSPS) is 11.7. The summed E-state index contributed by atoms with van der Waals surface area (Å²) in [4.78, 5) is 14.8. The van der Waals surface area contributed by atoms with Crippen LogP contribution in [0.1, 0.15) is 0 Å². The van der Waals surface area contributed by atoms with Gasteiger partial charge in [0.1, 0.15) is 0 Å². The Hall–Kier alpha value is -6.95. The summed E-state index contributed by atoms with van der Waals surface area (Å²) in [6.45, 7) is 0. The topological polar surface area (TPSA) is 43.6 Å². The number of thiophene rings is 1. The lowest BCUT2D eigenvalue weighted by Crippen LogP contribution is -2.00. The van der Waals surface area contributed by atoms with Gasteiger partial charge in [0.2, 0.25) is 0 Å². The Morgan fingerprint density at radius 3 is 1.52 bits per heavy atom. The molecule has 0 aliphatic heterocycles. The van der Waals surface area contributed by atoms with Crippen LogP contribution >= 0.6 is 11.3 Å². The van der Waals surface area contributed by atoms with Crippen LogP contribution in [0.15, 0.2) is 182 Å². The zero-order chi connectivity index (χ0) is 35.6. The molecule has 11 aromatic rings.